The van der Waals surface area contributed by atoms with Crippen molar-refractivity contribution in [3.63, 3.8) is 0 Å². The monoisotopic (exact) mass is 360 g/mol. The van der Waals surface area contributed by atoms with E-state index in [-0.39, 0.29) is 37.7 Å². The summed E-state index contributed by atoms with van der Waals surface area (Å²) in [5.41, 5.74) is 0. The SMILES string of the molecule is [CH]1[CH][CH][CH][CH]1.[CH]1[CH][CH][CH][CH]1.[CH]1[CH][CH][CH][CH]1.[Ho]. The van der Waals surface area contributed by atoms with Crippen molar-refractivity contribution < 1.29 is 37.7 Å². The molecule has 3 fully saturated rings. The van der Waals surface area contributed by atoms with Crippen molar-refractivity contribution in [2.24, 2.45) is 0 Å². The van der Waals surface area contributed by atoms with Crippen LogP contribution in [-0.4, -0.2) is 0 Å². The van der Waals surface area contributed by atoms with Crippen LogP contribution in [-0.2, 0) is 0 Å². The second-order valence-corrected chi connectivity index (χ2v) is 2.89. The molecule has 16 radical (unpaired) electrons. The van der Waals surface area contributed by atoms with Gasteiger partial charge in [-0.15, -0.1) is 0 Å². The van der Waals surface area contributed by atoms with Gasteiger partial charge in [0.15, 0.2) is 0 Å². The first-order chi connectivity index (χ1) is 7.50. The maximum absolute atomic E-state index is 2.00. The maximum atomic E-state index is 2.00. The molecule has 3 aliphatic rings. The number of rotatable bonds is 0. The Kier molecular flexibility index (Phi) is 15.4. The molecule has 86 valence electrons. The smallest absolute Gasteiger partial charge is 0 e. The van der Waals surface area contributed by atoms with E-state index in [1.807, 2.05) is 96.3 Å². The summed E-state index contributed by atoms with van der Waals surface area (Å²) in [6, 6.07) is 0. The molecule has 1 heteroatoms. The topological polar surface area (TPSA) is 0 Å². The summed E-state index contributed by atoms with van der Waals surface area (Å²) >= 11 is 0. The second-order valence-electron chi connectivity index (χ2n) is 2.89. The predicted octanol–water partition coefficient (Wildman–Crippen LogP) is 3.06. The number of hydrogen-bond acceptors (Lipinski definition) is 0. The van der Waals surface area contributed by atoms with Gasteiger partial charge in [-0.1, -0.05) is 0 Å². The largest absolute Gasteiger partial charge is 0.0312 e. The van der Waals surface area contributed by atoms with Crippen LogP contribution in [0.25, 0.3) is 0 Å². The molecular formula is C15H15Ho. The van der Waals surface area contributed by atoms with Crippen molar-refractivity contribution in [3.05, 3.63) is 96.3 Å². The Bertz CT molecular complexity index is 64.0. The molecule has 0 atom stereocenters. The Morgan fingerprint density at radius 2 is 0.250 bits per heavy atom. The normalized spacial score (nSPS) is 22.5. The van der Waals surface area contributed by atoms with Crippen molar-refractivity contribution in [1.29, 1.82) is 0 Å². The van der Waals surface area contributed by atoms with Crippen LogP contribution in [0.2, 0.25) is 0 Å². The maximum Gasteiger partial charge on any atom is 0 e. The summed E-state index contributed by atoms with van der Waals surface area (Å²) < 4.78 is 0. The zero-order valence-electron chi connectivity index (χ0n) is 8.96. The van der Waals surface area contributed by atoms with Gasteiger partial charge >= 0.3 is 0 Å². The van der Waals surface area contributed by atoms with Gasteiger partial charge in [-0.05, 0) is 96.3 Å². The quantitative estimate of drug-likeness (QED) is 0.583. The van der Waals surface area contributed by atoms with E-state index < -0.39 is 0 Å². The fraction of sp³-hybridized carbons (Fsp3) is 0. The molecule has 0 heterocycles. The molecule has 0 aromatic rings. The van der Waals surface area contributed by atoms with Gasteiger partial charge in [0.2, 0.25) is 0 Å². The van der Waals surface area contributed by atoms with Gasteiger partial charge in [0, 0.05) is 37.7 Å². The second kappa shape index (κ2) is 14.3. The van der Waals surface area contributed by atoms with Gasteiger partial charge in [0.25, 0.3) is 0 Å². The molecule has 0 spiro atoms. The van der Waals surface area contributed by atoms with Crippen LogP contribution in [0.4, 0.5) is 0 Å². The van der Waals surface area contributed by atoms with E-state index in [1.165, 1.54) is 0 Å². The van der Waals surface area contributed by atoms with Crippen LogP contribution in [0.1, 0.15) is 0 Å². The third kappa shape index (κ3) is 11.7. The first-order valence-electron chi connectivity index (χ1n) is 5.00. The summed E-state index contributed by atoms with van der Waals surface area (Å²) in [5, 5.41) is 0. The summed E-state index contributed by atoms with van der Waals surface area (Å²) in [7, 11) is 0. The third-order valence-corrected chi connectivity index (χ3v) is 1.67. The molecule has 0 nitrogen and oxygen atoms in total. The van der Waals surface area contributed by atoms with E-state index in [4.69, 9.17) is 0 Å². The molecule has 3 aliphatic carbocycles. The summed E-state index contributed by atoms with van der Waals surface area (Å²) in [6.45, 7) is 0. The molecule has 0 bridgehead atoms. The Morgan fingerprint density at radius 3 is 0.312 bits per heavy atom. The molecular weight excluding hydrogens is 345 g/mol. The molecule has 0 N–H and O–H groups in total. The van der Waals surface area contributed by atoms with Crippen molar-refractivity contribution in [1.82, 2.24) is 0 Å². The Labute approximate surface area is 133 Å². The van der Waals surface area contributed by atoms with E-state index in [0.29, 0.717) is 0 Å². The zero-order chi connectivity index (χ0) is 10.6. The van der Waals surface area contributed by atoms with Crippen molar-refractivity contribution >= 4 is 0 Å². The van der Waals surface area contributed by atoms with Gasteiger partial charge in [-0.3, -0.25) is 0 Å². The van der Waals surface area contributed by atoms with Crippen LogP contribution in [0, 0.1) is 134 Å². The average Bonchev–Trinajstić information content (AvgIpc) is 3.09. The minimum Gasteiger partial charge on any atom is -0.0312 e. The van der Waals surface area contributed by atoms with E-state index in [1.54, 1.807) is 0 Å². The number of hydrogen-bond donors (Lipinski definition) is 0. The summed E-state index contributed by atoms with van der Waals surface area (Å²) in [6.07, 6.45) is 30.0. The van der Waals surface area contributed by atoms with Crippen LogP contribution in [0.3, 0.4) is 0 Å². The molecule has 0 unspecified atom stereocenters. The summed E-state index contributed by atoms with van der Waals surface area (Å²) in [5.74, 6) is 0. The van der Waals surface area contributed by atoms with Crippen LogP contribution in [0.5, 0.6) is 0 Å². The predicted molar refractivity (Wildman–Crippen MR) is 64.5 cm³/mol. The molecule has 0 aromatic carbocycles. The minimum absolute atomic E-state index is 0. The molecule has 0 amide bonds. The van der Waals surface area contributed by atoms with Crippen LogP contribution < -0.4 is 0 Å². The Hall–Kier alpha value is 1.26. The molecule has 3 rings (SSSR count). The van der Waals surface area contributed by atoms with E-state index in [0.717, 1.165) is 0 Å². The average molecular weight is 360 g/mol. The van der Waals surface area contributed by atoms with Gasteiger partial charge in [-0.2, -0.15) is 0 Å². The van der Waals surface area contributed by atoms with E-state index in [2.05, 4.69) is 0 Å². The van der Waals surface area contributed by atoms with E-state index in [9.17, 15) is 0 Å². The van der Waals surface area contributed by atoms with Gasteiger partial charge < -0.3 is 0 Å². The Morgan fingerprint density at radius 1 is 0.188 bits per heavy atom. The van der Waals surface area contributed by atoms with Gasteiger partial charge in [0.1, 0.15) is 0 Å². The summed E-state index contributed by atoms with van der Waals surface area (Å²) in [4.78, 5) is 0. The molecule has 3 saturated carbocycles. The third-order valence-electron chi connectivity index (χ3n) is 1.67. The van der Waals surface area contributed by atoms with Crippen molar-refractivity contribution in [3.8, 4) is 0 Å². The standard InChI is InChI=1S/3C5H5.Ho/c3*1-2-4-5-3-1;/h3*1-5H;. The van der Waals surface area contributed by atoms with Crippen LogP contribution in [0.15, 0.2) is 0 Å². The minimum atomic E-state index is 0. The van der Waals surface area contributed by atoms with Crippen molar-refractivity contribution in [2.75, 3.05) is 0 Å². The zero-order valence-corrected chi connectivity index (χ0v) is 10.9. The first-order valence-corrected chi connectivity index (χ1v) is 5.00. The Balaban J connectivity index is 0.000000205. The molecule has 16 heavy (non-hydrogen) atoms. The fourth-order valence-electron chi connectivity index (χ4n) is 0.962. The van der Waals surface area contributed by atoms with Crippen LogP contribution >= 0.6 is 0 Å². The molecule has 0 saturated heterocycles. The first kappa shape index (κ1) is 17.3. The molecule has 0 aliphatic heterocycles. The fourth-order valence-corrected chi connectivity index (χ4v) is 0.962. The van der Waals surface area contributed by atoms with E-state index >= 15 is 0 Å². The molecule has 0 aromatic heterocycles. The van der Waals surface area contributed by atoms with Gasteiger partial charge in [-0.25, -0.2) is 0 Å². The van der Waals surface area contributed by atoms with Crippen molar-refractivity contribution in [2.45, 2.75) is 0 Å². The van der Waals surface area contributed by atoms with Gasteiger partial charge in [0.05, 0.1) is 0 Å².